The number of ether oxygens (including phenoxy) is 2. The molecule has 6 atom stereocenters. The van der Waals surface area contributed by atoms with Gasteiger partial charge in [0, 0.05) is 30.3 Å². The number of H-pyrrole nitrogens is 1. The third-order valence-electron chi connectivity index (χ3n) is 6.06. The van der Waals surface area contributed by atoms with Gasteiger partial charge in [-0.2, -0.15) is 0 Å². The molecule has 3 aliphatic rings. The molecule has 0 radical (unpaired) electrons. The molecule has 0 saturated carbocycles. The van der Waals surface area contributed by atoms with Gasteiger partial charge in [0.05, 0.1) is 25.6 Å². The van der Waals surface area contributed by atoms with Gasteiger partial charge in [0.15, 0.2) is 10.6 Å². The molecule has 3 aromatic rings. The van der Waals surface area contributed by atoms with Crippen LogP contribution in [0.5, 0.6) is 0 Å². The number of nitrogens with zero attached hydrogens (tertiary/aromatic N) is 4. The van der Waals surface area contributed by atoms with Gasteiger partial charge in [-0.15, -0.1) is 0 Å². The molecule has 3 saturated heterocycles. The van der Waals surface area contributed by atoms with E-state index in [-0.39, 0.29) is 18.7 Å². The number of imidazole rings is 1. The number of aromatic nitrogens is 5. The second-order valence-electron chi connectivity index (χ2n) is 8.45. The lowest BCUT2D eigenvalue weighted by Crippen LogP contribution is -2.40. The summed E-state index contributed by atoms with van der Waals surface area (Å²) in [5.41, 5.74) is 7.96. The Bertz CT molecular complexity index is 1340. The van der Waals surface area contributed by atoms with Crippen LogP contribution in [0, 0.1) is 4.64 Å². The minimum absolute atomic E-state index is 0.0852. The summed E-state index contributed by atoms with van der Waals surface area (Å²) in [5, 5.41) is 0. The molecule has 0 unspecified atom stereocenters. The normalized spacial score (nSPS) is 32.5. The molecule has 36 heavy (non-hydrogen) atoms. The quantitative estimate of drug-likeness (QED) is 0.253. The van der Waals surface area contributed by atoms with E-state index in [1.165, 1.54) is 0 Å². The standard InChI is InChI=1S/C20H23N6O6PS3/c21-20-24-18-17(19(34)25-20)23-10-26(18)16-5-12-13(30-16)7-29-33(27,31-12)32-15-9-36-35-8-14(15)28-6-11-1-3-22-4-2-11/h1-4,10,12-16H,5-9H2,(H3,21,24,25,34)/t12-,13+,14-,15-,16+,33+/m0/s1. The van der Waals surface area contributed by atoms with Crippen LogP contribution in [0.15, 0.2) is 30.9 Å². The molecule has 3 fully saturated rings. The van der Waals surface area contributed by atoms with Crippen LogP contribution in [0.1, 0.15) is 18.2 Å². The maximum Gasteiger partial charge on any atom is 0.475 e. The number of anilines is 1. The van der Waals surface area contributed by atoms with Crippen LogP contribution in [-0.2, 0) is 34.2 Å². The number of phosphoric ester groups is 1. The molecule has 16 heteroatoms. The molecule has 12 nitrogen and oxygen atoms in total. The minimum atomic E-state index is -3.82. The van der Waals surface area contributed by atoms with Gasteiger partial charge < -0.3 is 20.2 Å². The van der Waals surface area contributed by atoms with Crippen molar-refractivity contribution in [3.63, 3.8) is 0 Å². The first-order chi connectivity index (χ1) is 17.5. The second kappa shape index (κ2) is 10.3. The van der Waals surface area contributed by atoms with Crippen molar-refractivity contribution in [2.75, 3.05) is 23.8 Å². The molecular formula is C20H23N6O6PS3. The lowest BCUT2D eigenvalue weighted by molar-refractivity contribution is -0.0850. The van der Waals surface area contributed by atoms with Crippen LogP contribution in [0.4, 0.5) is 5.95 Å². The van der Waals surface area contributed by atoms with Crippen LogP contribution >= 0.6 is 41.6 Å². The van der Waals surface area contributed by atoms with Gasteiger partial charge in [0.1, 0.15) is 35.7 Å². The number of fused-ring (bicyclic) bond motifs is 2. The van der Waals surface area contributed by atoms with E-state index in [9.17, 15) is 4.57 Å². The van der Waals surface area contributed by atoms with E-state index in [0.29, 0.717) is 40.3 Å². The zero-order valence-corrected chi connectivity index (χ0v) is 22.1. The van der Waals surface area contributed by atoms with Gasteiger partial charge in [0.2, 0.25) is 0 Å². The van der Waals surface area contributed by atoms with Crippen molar-refractivity contribution in [2.45, 2.75) is 43.7 Å². The average molecular weight is 571 g/mol. The van der Waals surface area contributed by atoms with Crippen molar-refractivity contribution >= 4 is 58.7 Å². The lowest BCUT2D eigenvalue weighted by Gasteiger charge is -2.35. The third kappa shape index (κ3) is 5.08. The molecular weight excluding hydrogens is 547 g/mol. The molecule has 0 aliphatic carbocycles. The number of hydrogen-bond acceptors (Lipinski definition) is 13. The number of nitrogen functional groups attached to an aromatic ring is 1. The summed E-state index contributed by atoms with van der Waals surface area (Å²) < 4.78 is 45.3. The molecule has 192 valence electrons. The average Bonchev–Trinajstić information content (AvgIpc) is 3.47. The van der Waals surface area contributed by atoms with Crippen molar-refractivity contribution in [1.29, 1.82) is 0 Å². The van der Waals surface area contributed by atoms with Crippen molar-refractivity contribution in [3.8, 4) is 0 Å². The summed E-state index contributed by atoms with van der Waals surface area (Å²) in [6.07, 6.45) is 3.46. The number of pyridine rings is 1. The van der Waals surface area contributed by atoms with Gasteiger partial charge >= 0.3 is 7.82 Å². The van der Waals surface area contributed by atoms with Crippen LogP contribution in [0.3, 0.4) is 0 Å². The number of hydrogen-bond donors (Lipinski definition) is 2. The Morgan fingerprint density at radius 3 is 2.89 bits per heavy atom. The molecule has 3 N–H and O–H groups in total. The summed E-state index contributed by atoms with van der Waals surface area (Å²) in [4.78, 5) is 15.4. The van der Waals surface area contributed by atoms with Crippen molar-refractivity contribution in [1.82, 2.24) is 24.5 Å². The van der Waals surface area contributed by atoms with E-state index in [1.807, 2.05) is 12.1 Å². The Kier molecular flexibility index (Phi) is 7.09. The number of phosphoric acid groups is 1. The van der Waals surface area contributed by atoms with E-state index in [0.717, 1.165) is 5.56 Å². The minimum Gasteiger partial charge on any atom is -0.370 e. The highest BCUT2D eigenvalue weighted by atomic mass is 33.1. The van der Waals surface area contributed by atoms with Crippen LogP contribution in [0.2, 0.25) is 0 Å². The molecule has 3 aliphatic heterocycles. The Balaban J connectivity index is 1.12. The molecule has 0 bridgehead atoms. The molecule has 3 aromatic heterocycles. The first-order valence-corrected chi connectivity index (χ1v) is 15.6. The summed E-state index contributed by atoms with van der Waals surface area (Å²) >= 11 is 5.25. The maximum absolute atomic E-state index is 13.5. The molecule has 0 amide bonds. The topological polar surface area (TPSA) is 149 Å². The zero-order valence-electron chi connectivity index (χ0n) is 18.8. The van der Waals surface area contributed by atoms with Gasteiger partial charge in [-0.05, 0) is 17.7 Å². The van der Waals surface area contributed by atoms with Crippen LogP contribution in [0.25, 0.3) is 11.2 Å². The molecule has 6 rings (SSSR count). The van der Waals surface area contributed by atoms with Crippen LogP contribution < -0.4 is 5.73 Å². The summed E-state index contributed by atoms with van der Waals surface area (Å²) in [5.74, 6) is 1.49. The fraction of sp³-hybridized carbons (Fsp3) is 0.500. The van der Waals surface area contributed by atoms with Gasteiger partial charge in [-0.1, -0.05) is 33.8 Å². The van der Waals surface area contributed by atoms with E-state index >= 15 is 0 Å². The summed E-state index contributed by atoms with van der Waals surface area (Å²) in [6, 6.07) is 3.79. The largest absolute Gasteiger partial charge is 0.475 e. The molecule has 0 spiro atoms. The molecule has 0 aromatic carbocycles. The molecule has 6 heterocycles. The number of nitrogens with two attached hydrogens (primary N) is 1. The fourth-order valence-corrected chi connectivity index (χ4v) is 8.65. The smallest absolute Gasteiger partial charge is 0.370 e. The number of aromatic amines is 1. The number of nitrogens with one attached hydrogen (secondary N) is 1. The maximum atomic E-state index is 13.5. The predicted molar refractivity (Wildman–Crippen MR) is 137 cm³/mol. The van der Waals surface area contributed by atoms with Crippen molar-refractivity contribution in [2.24, 2.45) is 0 Å². The Hall–Kier alpha value is -1.55. The highest BCUT2D eigenvalue weighted by Gasteiger charge is 2.49. The summed E-state index contributed by atoms with van der Waals surface area (Å²) in [6.45, 7) is 0.494. The fourth-order valence-electron chi connectivity index (χ4n) is 4.27. The van der Waals surface area contributed by atoms with Gasteiger partial charge in [-0.25, -0.2) is 14.5 Å². The lowest BCUT2D eigenvalue weighted by atomic mass is 10.2. The first-order valence-electron chi connectivity index (χ1n) is 11.2. The highest BCUT2D eigenvalue weighted by Crippen LogP contribution is 2.58. The first kappa shape index (κ1) is 24.8. The highest BCUT2D eigenvalue weighted by molar-refractivity contribution is 8.76. The number of rotatable bonds is 6. The van der Waals surface area contributed by atoms with Gasteiger partial charge in [-0.3, -0.25) is 23.1 Å². The van der Waals surface area contributed by atoms with Crippen LogP contribution in [-0.4, -0.2) is 67.0 Å². The van der Waals surface area contributed by atoms with E-state index in [1.54, 1.807) is 44.9 Å². The zero-order chi connectivity index (χ0) is 24.7. The van der Waals surface area contributed by atoms with E-state index < -0.39 is 32.4 Å². The SMILES string of the molecule is Nc1nc(=S)c2ncn([C@H]3C[C@@H]4O[P@](=O)(O[C@H]5CSSC[C@@H]5OCc5ccncc5)OC[C@H]4O3)c2[nH]1. The Morgan fingerprint density at radius 1 is 1.25 bits per heavy atom. The third-order valence-corrected chi connectivity index (χ3v) is 10.3. The van der Waals surface area contributed by atoms with Gasteiger partial charge in [0.25, 0.3) is 0 Å². The van der Waals surface area contributed by atoms with Crippen molar-refractivity contribution < 1.29 is 27.6 Å². The Morgan fingerprint density at radius 2 is 2.06 bits per heavy atom. The summed E-state index contributed by atoms with van der Waals surface area (Å²) in [7, 11) is -0.484. The Labute approximate surface area is 219 Å². The monoisotopic (exact) mass is 570 g/mol. The predicted octanol–water partition coefficient (Wildman–Crippen LogP) is 3.64. The second-order valence-corrected chi connectivity index (χ2v) is 13.0. The van der Waals surface area contributed by atoms with E-state index in [2.05, 4.69) is 19.9 Å². The van der Waals surface area contributed by atoms with Crippen molar-refractivity contribution in [3.05, 3.63) is 41.1 Å². The van der Waals surface area contributed by atoms with E-state index in [4.69, 9.17) is 41.0 Å².